The van der Waals surface area contributed by atoms with Gasteiger partial charge < -0.3 is 15.4 Å². The number of benzene rings is 1. The van der Waals surface area contributed by atoms with E-state index >= 15 is 0 Å². The summed E-state index contributed by atoms with van der Waals surface area (Å²) in [6.07, 6.45) is 2.79. The third kappa shape index (κ3) is 2.31. The summed E-state index contributed by atoms with van der Waals surface area (Å²) in [6, 6.07) is 8.57. The molecule has 0 aliphatic carbocycles. The maximum atomic E-state index is 6.12. The van der Waals surface area contributed by atoms with Crippen molar-refractivity contribution in [1.29, 1.82) is 0 Å². The summed E-state index contributed by atoms with van der Waals surface area (Å²) in [5.41, 5.74) is 11.4. The van der Waals surface area contributed by atoms with Gasteiger partial charge in [-0.15, -0.1) is 0 Å². The van der Waals surface area contributed by atoms with E-state index in [1.807, 2.05) is 24.4 Å². The van der Waals surface area contributed by atoms with Gasteiger partial charge in [0.15, 0.2) is 0 Å². The van der Waals surface area contributed by atoms with Crippen LogP contribution >= 0.6 is 0 Å². The SMILES string of the molecule is COc1cc2c(cc1N)-c1cccnc1CCN2C(C)C. The van der Waals surface area contributed by atoms with E-state index < -0.39 is 0 Å². The lowest BCUT2D eigenvalue weighted by Gasteiger charge is -2.29. The minimum atomic E-state index is 0.409. The number of hydrogen-bond donors (Lipinski definition) is 1. The molecular weight excluding hydrogens is 262 g/mol. The van der Waals surface area contributed by atoms with Gasteiger partial charge in [0.1, 0.15) is 5.75 Å². The Morgan fingerprint density at radius 2 is 2.10 bits per heavy atom. The van der Waals surface area contributed by atoms with E-state index in [0.717, 1.165) is 30.0 Å². The normalized spacial score (nSPS) is 13.6. The van der Waals surface area contributed by atoms with Crippen LogP contribution in [0.15, 0.2) is 30.5 Å². The van der Waals surface area contributed by atoms with Crippen LogP contribution in [-0.2, 0) is 6.42 Å². The molecule has 0 unspecified atom stereocenters. The zero-order chi connectivity index (χ0) is 15.0. The smallest absolute Gasteiger partial charge is 0.143 e. The summed E-state index contributed by atoms with van der Waals surface area (Å²) < 4.78 is 5.40. The maximum Gasteiger partial charge on any atom is 0.143 e. The van der Waals surface area contributed by atoms with Crippen LogP contribution in [0.2, 0.25) is 0 Å². The Bertz CT molecular complexity index is 667. The third-order valence-electron chi connectivity index (χ3n) is 4.05. The number of anilines is 2. The fourth-order valence-corrected chi connectivity index (χ4v) is 2.98. The van der Waals surface area contributed by atoms with Crippen molar-refractivity contribution in [2.24, 2.45) is 0 Å². The van der Waals surface area contributed by atoms with Crippen LogP contribution in [0.25, 0.3) is 11.1 Å². The highest BCUT2D eigenvalue weighted by Gasteiger charge is 2.23. The van der Waals surface area contributed by atoms with Gasteiger partial charge in [0, 0.05) is 53.8 Å². The average Bonchev–Trinajstić information content (AvgIpc) is 2.63. The Morgan fingerprint density at radius 1 is 1.29 bits per heavy atom. The second-order valence-corrected chi connectivity index (χ2v) is 5.65. The van der Waals surface area contributed by atoms with Crippen LogP contribution in [0.1, 0.15) is 19.5 Å². The van der Waals surface area contributed by atoms with Crippen LogP contribution in [0.5, 0.6) is 5.75 Å². The van der Waals surface area contributed by atoms with Crippen LogP contribution in [-0.4, -0.2) is 24.7 Å². The van der Waals surface area contributed by atoms with E-state index in [9.17, 15) is 0 Å². The number of aromatic nitrogens is 1. The molecule has 2 aromatic rings. The van der Waals surface area contributed by atoms with Crippen LogP contribution in [0.3, 0.4) is 0 Å². The number of pyridine rings is 1. The molecule has 0 saturated heterocycles. The molecule has 1 aliphatic heterocycles. The van der Waals surface area contributed by atoms with Crippen molar-refractivity contribution < 1.29 is 4.74 Å². The molecule has 0 saturated carbocycles. The Hall–Kier alpha value is -2.23. The molecule has 4 nitrogen and oxygen atoms in total. The van der Waals surface area contributed by atoms with Gasteiger partial charge in [-0.2, -0.15) is 0 Å². The van der Waals surface area contributed by atoms with Crippen LogP contribution < -0.4 is 15.4 Å². The Morgan fingerprint density at radius 3 is 2.81 bits per heavy atom. The molecule has 0 amide bonds. The van der Waals surface area contributed by atoms with E-state index in [1.165, 1.54) is 11.3 Å². The van der Waals surface area contributed by atoms with Gasteiger partial charge in [-0.3, -0.25) is 4.98 Å². The highest BCUT2D eigenvalue weighted by Crippen LogP contribution is 2.41. The summed E-state index contributed by atoms with van der Waals surface area (Å²) in [5, 5.41) is 0. The van der Waals surface area contributed by atoms with Gasteiger partial charge >= 0.3 is 0 Å². The maximum absolute atomic E-state index is 6.12. The largest absolute Gasteiger partial charge is 0.495 e. The van der Waals surface area contributed by atoms with Crippen molar-refractivity contribution in [3.05, 3.63) is 36.2 Å². The minimum Gasteiger partial charge on any atom is -0.495 e. The Balaban J connectivity index is 2.27. The molecule has 1 aliphatic rings. The van der Waals surface area contributed by atoms with Crippen molar-refractivity contribution in [1.82, 2.24) is 4.98 Å². The molecule has 0 atom stereocenters. The first kappa shape index (κ1) is 13.7. The van der Waals surface area contributed by atoms with Gasteiger partial charge in [0.2, 0.25) is 0 Å². The molecule has 3 rings (SSSR count). The first-order valence-electron chi connectivity index (χ1n) is 7.30. The number of fused-ring (bicyclic) bond motifs is 3. The zero-order valence-electron chi connectivity index (χ0n) is 12.8. The average molecular weight is 283 g/mol. The second-order valence-electron chi connectivity index (χ2n) is 5.65. The van der Waals surface area contributed by atoms with E-state index in [4.69, 9.17) is 10.5 Å². The highest BCUT2D eigenvalue weighted by atomic mass is 16.5. The summed E-state index contributed by atoms with van der Waals surface area (Å²) in [7, 11) is 1.66. The molecule has 21 heavy (non-hydrogen) atoms. The Kier molecular flexibility index (Phi) is 3.45. The van der Waals surface area contributed by atoms with Crippen LogP contribution in [0, 0.1) is 0 Å². The molecule has 0 fully saturated rings. The number of ether oxygens (including phenoxy) is 1. The van der Waals surface area contributed by atoms with Gasteiger partial charge in [0.05, 0.1) is 12.8 Å². The van der Waals surface area contributed by atoms with E-state index in [0.29, 0.717) is 11.7 Å². The summed E-state index contributed by atoms with van der Waals surface area (Å²) in [4.78, 5) is 6.93. The lowest BCUT2D eigenvalue weighted by Crippen LogP contribution is -2.32. The number of hydrogen-bond acceptors (Lipinski definition) is 4. The van der Waals surface area contributed by atoms with Crippen molar-refractivity contribution in [2.75, 3.05) is 24.3 Å². The van der Waals surface area contributed by atoms with Crippen molar-refractivity contribution in [3.63, 3.8) is 0 Å². The molecule has 4 heteroatoms. The molecule has 110 valence electrons. The minimum absolute atomic E-state index is 0.409. The lowest BCUT2D eigenvalue weighted by molar-refractivity contribution is 0.417. The van der Waals surface area contributed by atoms with Gasteiger partial charge in [0.25, 0.3) is 0 Å². The lowest BCUT2D eigenvalue weighted by atomic mass is 10.0. The number of nitrogens with zero attached hydrogens (tertiary/aromatic N) is 2. The van der Waals surface area contributed by atoms with Gasteiger partial charge in [-0.25, -0.2) is 0 Å². The quantitative estimate of drug-likeness (QED) is 0.860. The molecule has 2 heterocycles. The zero-order valence-corrected chi connectivity index (χ0v) is 12.8. The van der Waals surface area contributed by atoms with Crippen molar-refractivity contribution in [3.8, 4) is 16.9 Å². The molecule has 0 radical (unpaired) electrons. The summed E-state index contributed by atoms with van der Waals surface area (Å²) in [5.74, 6) is 0.728. The van der Waals surface area contributed by atoms with Crippen molar-refractivity contribution >= 4 is 11.4 Å². The standard InChI is InChI=1S/C17H21N3O/c1-11(2)20-8-6-15-12(5-4-7-19-15)13-9-14(18)17(21-3)10-16(13)20/h4-5,7,9-11H,6,8,18H2,1-3H3. The number of nitrogens with two attached hydrogens (primary N) is 1. The topological polar surface area (TPSA) is 51.4 Å². The van der Waals surface area contributed by atoms with Gasteiger partial charge in [-0.05, 0) is 26.0 Å². The summed E-state index contributed by atoms with van der Waals surface area (Å²) >= 11 is 0. The third-order valence-corrected chi connectivity index (χ3v) is 4.05. The Labute approximate surface area is 125 Å². The first-order valence-corrected chi connectivity index (χ1v) is 7.30. The molecule has 1 aromatic carbocycles. The number of nitrogen functional groups attached to an aromatic ring is 1. The predicted molar refractivity (Wildman–Crippen MR) is 86.8 cm³/mol. The first-order chi connectivity index (χ1) is 10.1. The fourth-order valence-electron chi connectivity index (χ4n) is 2.98. The number of rotatable bonds is 2. The van der Waals surface area contributed by atoms with Crippen molar-refractivity contribution in [2.45, 2.75) is 26.3 Å². The van der Waals surface area contributed by atoms with E-state index in [1.54, 1.807) is 7.11 Å². The van der Waals surface area contributed by atoms with E-state index in [2.05, 4.69) is 29.8 Å². The monoisotopic (exact) mass is 283 g/mol. The molecule has 2 N–H and O–H groups in total. The predicted octanol–water partition coefficient (Wildman–Crippen LogP) is 3.11. The second kappa shape index (κ2) is 5.28. The highest BCUT2D eigenvalue weighted by molar-refractivity contribution is 5.86. The molecular formula is C17H21N3O. The van der Waals surface area contributed by atoms with Gasteiger partial charge in [-0.1, -0.05) is 6.07 Å². The fraction of sp³-hybridized carbons (Fsp3) is 0.353. The van der Waals surface area contributed by atoms with E-state index in [-0.39, 0.29) is 0 Å². The molecule has 1 aromatic heterocycles. The molecule has 0 bridgehead atoms. The number of methoxy groups -OCH3 is 1. The molecule has 0 spiro atoms. The summed E-state index contributed by atoms with van der Waals surface area (Å²) in [6.45, 7) is 5.35. The van der Waals surface area contributed by atoms with Crippen LogP contribution in [0.4, 0.5) is 11.4 Å².